The first kappa shape index (κ1) is 9.87. The van der Waals surface area contributed by atoms with Crippen LogP contribution in [0, 0.1) is 0 Å². The normalized spacial score (nSPS) is 12.9. The molecule has 0 heterocycles. The van der Waals surface area contributed by atoms with Crippen LogP contribution >= 0.6 is 27.5 Å². The Kier molecular flexibility index (Phi) is 3.41. The average Bonchev–Trinajstić information content (AvgIpc) is 1.96. The smallest absolute Gasteiger partial charge is 0.118 e. The van der Waals surface area contributed by atoms with E-state index in [-0.39, 0.29) is 0 Å². The van der Waals surface area contributed by atoms with E-state index >= 15 is 0 Å². The molecule has 1 nitrogen and oxygen atoms in total. The minimum Gasteiger partial charge on any atom is -0.508 e. The third-order valence-electron chi connectivity index (χ3n) is 1.54. The fourth-order valence-corrected chi connectivity index (χ4v) is 1.56. The number of halogens is 2. The van der Waals surface area contributed by atoms with Crippen LogP contribution in [0.3, 0.4) is 0 Å². The molecule has 0 saturated carbocycles. The van der Waals surface area contributed by atoms with E-state index in [1.54, 1.807) is 18.2 Å². The van der Waals surface area contributed by atoms with Crippen molar-refractivity contribution in [3.8, 4) is 5.75 Å². The second kappa shape index (κ2) is 4.15. The van der Waals surface area contributed by atoms with Crippen molar-refractivity contribution in [2.75, 3.05) is 0 Å². The molecule has 0 bridgehead atoms. The second-order valence-electron chi connectivity index (χ2n) is 2.76. The van der Waals surface area contributed by atoms with Crippen molar-refractivity contribution < 1.29 is 5.11 Å². The Morgan fingerprint density at radius 3 is 2.83 bits per heavy atom. The fourth-order valence-electron chi connectivity index (χ4n) is 1.02. The molecule has 0 amide bonds. The Labute approximate surface area is 85.5 Å². The SMILES string of the molecule is CC(Br)Cc1cc(Cl)ccc1O. The summed E-state index contributed by atoms with van der Waals surface area (Å²) in [4.78, 5) is 0.349. The van der Waals surface area contributed by atoms with Crippen molar-refractivity contribution in [2.24, 2.45) is 0 Å². The Hall–Kier alpha value is -0.210. The molecule has 1 unspecified atom stereocenters. The third-order valence-corrected chi connectivity index (χ3v) is 2.10. The monoisotopic (exact) mass is 248 g/mol. The lowest BCUT2D eigenvalue weighted by Gasteiger charge is -2.06. The molecule has 12 heavy (non-hydrogen) atoms. The topological polar surface area (TPSA) is 20.2 Å². The molecule has 0 aliphatic carbocycles. The average molecular weight is 250 g/mol. The summed E-state index contributed by atoms with van der Waals surface area (Å²) in [6.45, 7) is 2.03. The van der Waals surface area contributed by atoms with Gasteiger partial charge in [0.1, 0.15) is 5.75 Å². The van der Waals surface area contributed by atoms with Gasteiger partial charge in [-0.15, -0.1) is 0 Å². The summed E-state index contributed by atoms with van der Waals surface area (Å²) in [5, 5.41) is 10.1. The Morgan fingerprint density at radius 2 is 2.25 bits per heavy atom. The van der Waals surface area contributed by atoms with Gasteiger partial charge < -0.3 is 5.11 Å². The molecular weight excluding hydrogens is 239 g/mol. The molecule has 1 aromatic rings. The van der Waals surface area contributed by atoms with Gasteiger partial charge in [0.25, 0.3) is 0 Å². The lowest BCUT2D eigenvalue weighted by molar-refractivity contribution is 0.468. The molecule has 66 valence electrons. The number of hydrogen-bond donors (Lipinski definition) is 1. The van der Waals surface area contributed by atoms with Crippen LogP contribution in [0.2, 0.25) is 5.02 Å². The molecule has 3 heteroatoms. The summed E-state index contributed by atoms with van der Waals surface area (Å²) in [5.41, 5.74) is 0.881. The zero-order valence-corrected chi connectivity index (χ0v) is 9.06. The van der Waals surface area contributed by atoms with Crippen molar-refractivity contribution in [3.63, 3.8) is 0 Å². The van der Waals surface area contributed by atoms with Gasteiger partial charge >= 0.3 is 0 Å². The summed E-state index contributed by atoms with van der Waals surface area (Å²) >= 11 is 9.19. The lowest BCUT2D eigenvalue weighted by atomic mass is 10.1. The lowest BCUT2D eigenvalue weighted by Crippen LogP contribution is -1.96. The number of aromatic hydroxyl groups is 1. The minimum atomic E-state index is 0.311. The first-order chi connectivity index (χ1) is 5.59. The molecular formula is C9H10BrClO. The summed E-state index contributed by atoms with van der Waals surface area (Å²) in [6.07, 6.45) is 0.784. The fraction of sp³-hybridized carbons (Fsp3) is 0.333. The quantitative estimate of drug-likeness (QED) is 0.797. The zero-order valence-electron chi connectivity index (χ0n) is 6.72. The van der Waals surface area contributed by atoms with Crippen molar-refractivity contribution >= 4 is 27.5 Å². The van der Waals surface area contributed by atoms with E-state index in [0.29, 0.717) is 15.6 Å². The van der Waals surface area contributed by atoms with Crippen molar-refractivity contribution in [1.29, 1.82) is 0 Å². The molecule has 1 atom stereocenters. The summed E-state index contributed by atoms with van der Waals surface area (Å²) in [5.74, 6) is 0.311. The van der Waals surface area contributed by atoms with Crippen molar-refractivity contribution in [1.82, 2.24) is 0 Å². The van der Waals surface area contributed by atoms with E-state index in [9.17, 15) is 5.11 Å². The number of alkyl halides is 1. The Bertz CT molecular complexity index is 273. The van der Waals surface area contributed by atoms with Gasteiger partial charge in [-0.1, -0.05) is 34.5 Å². The van der Waals surface area contributed by atoms with Gasteiger partial charge in [0.2, 0.25) is 0 Å². The second-order valence-corrected chi connectivity index (χ2v) is 4.76. The van der Waals surface area contributed by atoms with Gasteiger partial charge in [0.05, 0.1) is 0 Å². The molecule has 0 fully saturated rings. The van der Waals surface area contributed by atoms with Crippen LogP contribution in [-0.2, 0) is 6.42 Å². The Morgan fingerprint density at radius 1 is 1.58 bits per heavy atom. The molecule has 0 aliphatic rings. The summed E-state index contributed by atoms with van der Waals surface area (Å²) < 4.78 is 0. The standard InChI is InChI=1S/C9H10BrClO/c1-6(10)4-7-5-8(11)2-3-9(7)12/h2-3,5-6,12H,4H2,1H3. The number of phenolic OH excluding ortho intramolecular Hbond substituents is 1. The largest absolute Gasteiger partial charge is 0.508 e. The highest BCUT2D eigenvalue weighted by Gasteiger charge is 2.04. The number of benzene rings is 1. The van der Waals surface area contributed by atoms with Gasteiger partial charge in [0.15, 0.2) is 0 Å². The van der Waals surface area contributed by atoms with Gasteiger partial charge in [-0.25, -0.2) is 0 Å². The molecule has 0 saturated heterocycles. The third kappa shape index (κ3) is 2.68. The maximum Gasteiger partial charge on any atom is 0.118 e. The molecule has 1 aromatic carbocycles. The highest BCUT2D eigenvalue weighted by atomic mass is 79.9. The van der Waals surface area contributed by atoms with Crippen LogP contribution in [0.15, 0.2) is 18.2 Å². The van der Waals surface area contributed by atoms with Gasteiger partial charge in [-0.2, -0.15) is 0 Å². The first-order valence-electron chi connectivity index (χ1n) is 3.71. The maximum absolute atomic E-state index is 9.40. The molecule has 0 aliphatic heterocycles. The number of hydrogen-bond acceptors (Lipinski definition) is 1. The number of rotatable bonds is 2. The van der Waals surface area contributed by atoms with Crippen molar-refractivity contribution in [3.05, 3.63) is 28.8 Å². The molecule has 0 aromatic heterocycles. The van der Waals surface area contributed by atoms with E-state index in [0.717, 1.165) is 12.0 Å². The van der Waals surface area contributed by atoms with Gasteiger partial charge in [0, 0.05) is 9.85 Å². The maximum atomic E-state index is 9.40. The van der Waals surface area contributed by atoms with Crippen molar-refractivity contribution in [2.45, 2.75) is 18.2 Å². The summed E-state index contributed by atoms with van der Waals surface area (Å²) in [6, 6.07) is 5.08. The van der Waals surface area contributed by atoms with E-state index in [4.69, 9.17) is 11.6 Å². The van der Waals surface area contributed by atoms with Crippen LogP contribution in [0.1, 0.15) is 12.5 Å². The summed E-state index contributed by atoms with van der Waals surface area (Å²) in [7, 11) is 0. The van der Waals surface area contributed by atoms with E-state index in [2.05, 4.69) is 15.9 Å². The van der Waals surface area contributed by atoms with Crippen LogP contribution in [0.25, 0.3) is 0 Å². The van der Waals surface area contributed by atoms with E-state index in [1.807, 2.05) is 6.92 Å². The minimum absolute atomic E-state index is 0.311. The zero-order chi connectivity index (χ0) is 9.14. The molecule has 1 N–H and O–H groups in total. The van der Waals surface area contributed by atoms with E-state index < -0.39 is 0 Å². The van der Waals surface area contributed by atoms with Gasteiger partial charge in [-0.3, -0.25) is 0 Å². The predicted molar refractivity (Wildman–Crippen MR) is 55.2 cm³/mol. The van der Waals surface area contributed by atoms with Crippen LogP contribution < -0.4 is 0 Å². The van der Waals surface area contributed by atoms with E-state index in [1.165, 1.54) is 0 Å². The van der Waals surface area contributed by atoms with Crippen LogP contribution in [0.4, 0.5) is 0 Å². The van der Waals surface area contributed by atoms with Crippen LogP contribution in [0.5, 0.6) is 5.75 Å². The molecule has 0 radical (unpaired) electrons. The van der Waals surface area contributed by atoms with Gasteiger partial charge in [-0.05, 0) is 30.2 Å². The predicted octanol–water partition coefficient (Wildman–Crippen LogP) is 3.37. The van der Waals surface area contributed by atoms with Crippen LogP contribution in [-0.4, -0.2) is 9.93 Å². The Balaban J connectivity index is 2.90. The molecule has 1 rings (SSSR count). The highest BCUT2D eigenvalue weighted by molar-refractivity contribution is 9.09. The first-order valence-corrected chi connectivity index (χ1v) is 5.00. The molecule has 0 spiro atoms. The number of phenols is 1. The highest BCUT2D eigenvalue weighted by Crippen LogP contribution is 2.23.